The van der Waals surface area contributed by atoms with Gasteiger partial charge in [0.2, 0.25) is 0 Å². The maximum atomic E-state index is 11.7. The van der Waals surface area contributed by atoms with Crippen molar-refractivity contribution in [3.63, 3.8) is 0 Å². The van der Waals surface area contributed by atoms with Crippen LogP contribution in [0.2, 0.25) is 0 Å². The van der Waals surface area contributed by atoms with Gasteiger partial charge in [0.05, 0.1) is 25.9 Å². The molecule has 1 atom stereocenters. The minimum absolute atomic E-state index is 0.288. The zero-order chi connectivity index (χ0) is 18.5. The average molecular weight is 354 g/mol. The molecule has 3 aromatic rings. The highest BCUT2D eigenvalue weighted by Crippen LogP contribution is 2.31. The number of methoxy groups -OCH3 is 1. The molecule has 0 radical (unpaired) electrons. The first-order chi connectivity index (χ1) is 12.6. The van der Waals surface area contributed by atoms with Gasteiger partial charge in [-0.15, -0.1) is 0 Å². The highest BCUT2D eigenvalue weighted by Gasteiger charge is 2.20. The summed E-state index contributed by atoms with van der Waals surface area (Å²) in [6.07, 6.45) is 1.60. The number of carbonyl (C=O) groups excluding carboxylic acids is 1. The molecule has 0 N–H and O–H groups in total. The van der Waals surface area contributed by atoms with Crippen molar-refractivity contribution in [2.45, 2.75) is 26.4 Å². The van der Waals surface area contributed by atoms with Crippen molar-refractivity contribution in [2.24, 2.45) is 0 Å². The molecule has 0 aliphatic rings. The molecule has 0 spiro atoms. The Morgan fingerprint density at radius 2 is 1.81 bits per heavy atom. The Balaban J connectivity index is 1.70. The Hall–Kier alpha value is -2.95. The van der Waals surface area contributed by atoms with Gasteiger partial charge < -0.3 is 18.6 Å². The largest absolute Gasteiger partial charge is 0.494 e. The lowest BCUT2D eigenvalue weighted by Crippen LogP contribution is -2.10. The number of carbonyl (C=O) groups is 1. The number of fused-ring (bicyclic) bond motifs is 1. The molecule has 1 heterocycles. The predicted molar refractivity (Wildman–Crippen MR) is 98.6 cm³/mol. The van der Waals surface area contributed by atoms with Crippen LogP contribution in [-0.4, -0.2) is 19.7 Å². The monoisotopic (exact) mass is 354 g/mol. The summed E-state index contributed by atoms with van der Waals surface area (Å²) in [7, 11) is 1.38. The number of rotatable bonds is 7. The van der Waals surface area contributed by atoms with Gasteiger partial charge in [0.25, 0.3) is 0 Å². The van der Waals surface area contributed by atoms with Gasteiger partial charge >= 0.3 is 5.97 Å². The maximum absolute atomic E-state index is 11.7. The van der Waals surface area contributed by atoms with Crippen LogP contribution in [0.4, 0.5) is 0 Å². The van der Waals surface area contributed by atoms with Crippen molar-refractivity contribution in [1.82, 2.24) is 0 Å². The van der Waals surface area contributed by atoms with E-state index in [1.54, 1.807) is 13.2 Å². The molecule has 5 heteroatoms. The van der Waals surface area contributed by atoms with Crippen molar-refractivity contribution in [3.8, 4) is 11.5 Å². The van der Waals surface area contributed by atoms with Gasteiger partial charge in [-0.1, -0.05) is 12.1 Å². The van der Waals surface area contributed by atoms with Crippen molar-refractivity contribution >= 4 is 16.9 Å². The number of ether oxygens (including phenoxy) is 3. The van der Waals surface area contributed by atoms with Crippen LogP contribution in [0.1, 0.15) is 30.9 Å². The summed E-state index contributed by atoms with van der Waals surface area (Å²) in [6, 6.07) is 13.4. The molecule has 0 bridgehead atoms. The highest BCUT2D eigenvalue weighted by atomic mass is 16.5. The standard InChI is InChI=1S/C21H22O5/c1-4-24-16-7-5-15(6-8-16)12-25-17-9-10-18-19(13-26-20(18)11-17)14(2)21(22)23-3/h5-11,13-14H,4,12H2,1-3H3. The highest BCUT2D eigenvalue weighted by molar-refractivity contribution is 5.89. The third kappa shape index (κ3) is 3.82. The van der Waals surface area contributed by atoms with E-state index < -0.39 is 0 Å². The molecule has 26 heavy (non-hydrogen) atoms. The first kappa shape index (κ1) is 17.9. The van der Waals surface area contributed by atoms with Gasteiger partial charge in [0, 0.05) is 17.0 Å². The number of furan rings is 1. The second kappa shape index (κ2) is 7.95. The van der Waals surface area contributed by atoms with E-state index in [-0.39, 0.29) is 11.9 Å². The fourth-order valence-electron chi connectivity index (χ4n) is 2.77. The molecule has 2 aromatic carbocycles. The number of hydrogen-bond acceptors (Lipinski definition) is 5. The molecule has 0 aliphatic heterocycles. The van der Waals surface area contributed by atoms with Crippen LogP contribution in [0.5, 0.6) is 11.5 Å². The van der Waals surface area contributed by atoms with E-state index in [4.69, 9.17) is 18.6 Å². The van der Waals surface area contributed by atoms with Crippen LogP contribution >= 0.6 is 0 Å². The van der Waals surface area contributed by atoms with Gasteiger partial charge in [0.15, 0.2) is 0 Å². The fraction of sp³-hybridized carbons (Fsp3) is 0.286. The van der Waals surface area contributed by atoms with Crippen molar-refractivity contribution in [1.29, 1.82) is 0 Å². The second-order valence-electron chi connectivity index (χ2n) is 5.96. The van der Waals surface area contributed by atoms with Crippen LogP contribution in [0.25, 0.3) is 11.0 Å². The van der Waals surface area contributed by atoms with Crippen molar-refractivity contribution < 1.29 is 23.4 Å². The van der Waals surface area contributed by atoms with Gasteiger partial charge in [-0.3, -0.25) is 4.79 Å². The lowest BCUT2D eigenvalue weighted by atomic mass is 10.0. The van der Waals surface area contributed by atoms with Crippen molar-refractivity contribution in [2.75, 3.05) is 13.7 Å². The SMILES string of the molecule is CCOc1ccc(COc2ccc3c(C(C)C(=O)OC)coc3c2)cc1. The molecule has 5 nitrogen and oxygen atoms in total. The maximum Gasteiger partial charge on any atom is 0.312 e. The third-order valence-electron chi connectivity index (χ3n) is 4.24. The Bertz CT molecular complexity index is 879. The van der Waals surface area contributed by atoms with E-state index in [0.717, 1.165) is 22.3 Å². The summed E-state index contributed by atoms with van der Waals surface area (Å²) in [5, 5.41) is 0.885. The summed E-state index contributed by atoms with van der Waals surface area (Å²) in [5.41, 5.74) is 2.54. The molecular weight excluding hydrogens is 332 g/mol. The summed E-state index contributed by atoms with van der Waals surface area (Å²) >= 11 is 0. The molecule has 136 valence electrons. The van der Waals surface area contributed by atoms with Crippen LogP contribution in [0, 0.1) is 0 Å². The van der Waals surface area contributed by atoms with Crippen LogP contribution in [0.15, 0.2) is 53.1 Å². The number of benzene rings is 2. The molecule has 0 saturated heterocycles. The first-order valence-electron chi connectivity index (χ1n) is 8.56. The lowest BCUT2D eigenvalue weighted by molar-refractivity contribution is -0.141. The summed E-state index contributed by atoms with van der Waals surface area (Å²) in [5.74, 6) is 0.888. The molecule has 1 aromatic heterocycles. The minimum Gasteiger partial charge on any atom is -0.494 e. The Morgan fingerprint density at radius 1 is 1.08 bits per heavy atom. The number of esters is 1. The second-order valence-corrected chi connectivity index (χ2v) is 5.96. The fourth-order valence-corrected chi connectivity index (χ4v) is 2.77. The topological polar surface area (TPSA) is 57.9 Å². The molecule has 0 saturated carbocycles. The van der Waals surface area contributed by atoms with Gasteiger partial charge in [0.1, 0.15) is 23.7 Å². The Kier molecular flexibility index (Phi) is 5.46. The van der Waals surface area contributed by atoms with Crippen LogP contribution in [0.3, 0.4) is 0 Å². The lowest BCUT2D eigenvalue weighted by Gasteiger charge is -2.09. The first-order valence-corrected chi connectivity index (χ1v) is 8.56. The van der Waals surface area contributed by atoms with E-state index in [1.807, 2.05) is 49.4 Å². The Labute approximate surface area is 152 Å². The predicted octanol–water partition coefficient (Wildman–Crippen LogP) is 4.69. The van der Waals surface area contributed by atoms with Crippen LogP contribution < -0.4 is 9.47 Å². The number of hydrogen-bond donors (Lipinski definition) is 0. The average Bonchev–Trinajstić information content (AvgIpc) is 3.09. The quantitative estimate of drug-likeness (QED) is 0.576. The molecule has 0 fully saturated rings. The normalized spacial score (nSPS) is 12.0. The van der Waals surface area contributed by atoms with Gasteiger partial charge in [-0.25, -0.2) is 0 Å². The van der Waals surface area contributed by atoms with E-state index in [0.29, 0.717) is 24.5 Å². The van der Waals surface area contributed by atoms with Crippen LogP contribution in [-0.2, 0) is 16.1 Å². The van der Waals surface area contributed by atoms with E-state index in [1.165, 1.54) is 7.11 Å². The third-order valence-corrected chi connectivity index (χ3v) is 4.24. The van der Waals surface area contributed by atoms with E-state index in [9.17, 15) is 4.79 Å². The van der Waals surface area contributed by atoms with Gasteiger partial charge in [-0.05, 0) is 43.7 Å². The molecular formula is C21H22O5. The van der Waals surface area contributed by atoms with Crippen molar-refractivity contribution in [3.05, 3.63) is 59.9 Å². The van der Waals surface area contributed by atoms with Gasteiger partial charge in [-0.2, -0.15) is 0 Å². The smallest absolute Gasteiger partial charge is 0.312 e. The molecule has 0 aliphatic carbocycles. The zero-order valence-electron chi connectivity index (χ0n) is 15.2. The molecule has 1 unspecified atom stereocenters. The summed E-state index contributed by atoms with van der Waals surface area (Å²) < 4.78 is 21.7. The Morgan fingerprint density at radius 3 is 2.50 bits per heavy atom. The minimum atomic E-state index is -0.378. The van der Waals surface area contributed by atoms with E-state index in [2.05, 4.69) is 0 Å². The zero-order valence-corrected chi connectivity index (χ0v) is 15.2. The summed E-state index contributed by atoms with van der Waals surface area (Å²) in [6.45, 7) is 4.85. The summed E-state index contributed by atoms with van der Waals surface area (Å²) in [4.78, 5) is 11.7. The molecule has 0 amide bonds. The molecule has 3 rings (SSSR count). The van der Waals surface area contributed by atoms with E-state index >= 15 is 0 Å².